The average Bonchev–Trinajstić information content (AvgIpc) is 2.63. The van der Waals surface area contributed by atoms with Crippen LogP contribution in [-0.4, -0.2) is 32.0 Å². The van der Waals surface area contributed by atoms with Crippen molar-refractivity contribution in [1.82, 2.24) is 5.32 Å². The number of ketones is 1. The van der Waals surface area contributed by atoms with Crippen LogP contribution in [0.15, 0.2) is 42.5 Å². The van der Waals surface area contributed by atoms with E-state index in [4.69, 9.17) is 15.2 Å². The van der Waals surface area contributed by atoms with Crippen molar-refractivity contribution in [3.05, 3.63) is 59.2 Å². The number of benzene rings is 2. The fraction of sp³-hybridized carbons (Fsp3) is 0.263. The Hall–Kier alpha value is -2.86. The van der Waals surface area contributed by atoms with E-state index in [2.05, 4.69) is 5.32 Å². The van der Waals surface area contributed by atoms with Crippen molar-refractivity contribution < 1.29 is 19.1 Å². The van der Waals surface area contributed by atoms with Crippen LogP contribution in [0.4, 0.5) is 5.69 Å². The smallest absolute Gasteiger partial charge is 0.319 e. The number of hydrogen-bond acceptors (Lipinski definition) is 6. The third kappa shape index (κ3) is 5.06. The second-order valence-electron chi connectivity index (χ2n) is 5.38. The number of esters is 1. The summed E-state index contributed by atoms with van der Waals surface area (Å²) >= 11 is 0. The van der Waals surface area contributed by atoms with Crippen LogP contribution in [0.5, 0.6) is 5.75 Å². The van der Waals surface area contributed by atoms with Crippen LogP contribution in [0.3, 0.4) is 0 Å². The number of nitrogens with one attached hydrogen (secondary N) is 1. The number of carbonyl (C=O) groups excluding carboxylic acids is 2. The maximum absolute atomic E-state index is 12.7. The molecule has 0 atom stereocenters. The van der Waals surface area contributed by atoms with E-state index in [1.165, 1.54) is 0 Å². The summed E-state index contributed by atoms with van der Waals surface area (Å²) in [6.45, 7) is 2.54. The number of ether oxygens (including phenoxy) is 2. The van der Waals surface area contributed by atoms with Gasteiger partial charge in [0.2, 0.25) is 0 Å². The molecule has 2 aromatic carbocycles. The summed E-state index contributed by atoms with van der Waals surface area (Å²) in [5.41, 5.74) is 8.32. The molecule has 0 unspecified atom stereocenters. The normalized spacial score (nSPS) is 10.3. The number of nitrogen functional groups attached to an aromatic ring is 1. The molecule has 0 heterocycles. The minimum absolute atomic E-state index is 0.0847. The van der Waals surface area contributed by atoms with Gasteiger partial charge in [0, 0.05) is 23.4 Å². The Labute approximate surface area is 146 Å². The van der Waals surface area contributed by atoms with E-state index < -0.39 is 0 Å². The molecule has 3 N–H and O–H groups in total. The van der Waals surface area contributed by atoms with Gasteiger partial charge in [0.15, 0.2) is 5.78 Å². The molecule has 25 heavy (non-hydrogen) atoms. The zero-order valence-corrected chi connectivity index (χ0v) is 14.4. The van der Waals surface area contributed by atoms with Gasteiger partial charge in [0.05, 0.1) is 20.3 Å². The number of methoxy groups -OCH3 is 1. The minimum Gasteiger partial charge on any atom is -0.497 e. The van der Waals surface area contributed by atoms with E-state index >= 15 is 0 Å². The van der Waals surface area contributed by atoms with Crippen molar-refractivity contribution in [3.8, 4) is 5.75 Å². The minimum atomic E-state index is -0.329. The van der Waals surface area contributed by atoms with Crippen LogP contribution in [0, 0.1) is 0 Å². The zero-order valence-electron chi connectivity index (χ0n) is 14.4. The second-order valence-corrected chi connectivity index (χ2v) is 5.38. The molecule has 0 aliphatic carbocycles. The summed E-state index contributed by atoms with van der Waals surface area (Å²) in [4.78, 5) is 24.0. The molecule has 2 aromatic rings. The Morgan fingerprint density at radius 1 is 1.12 bits per heavy atom. The number of rotatable bonds is 8. The molecule has 0 radical (unpaired) electrons. The molecule has 6 heteroatoms. The molecule has 132 valence electrons. The summed E-state index contributed by atoms with van der Waals surface area (Å²) in [5, 5.41) is 2.97. The first-order valence-electron chi connectivity index (χ1n) is 7.98. The lowest BCUT2D eigenvalue weighted by Gasteiger charge is -2.10. The Morgan fingerprint density at radius 3 is 2.60 bits per heavy atom. The van der Waals surface area contributed by atoms with Crippen molar-refractivity contribution >= 4 is 17.4 Å². The third-order valence-electron chi connectivity index (χ3n) is 3.63. The lowest BCUT2D eigenvalue weighted by atomic mass is 10.00. The van der Waals surface area contributed by atoms with E-state index in [0.717, 1.165) is 5.56 Å². The Bertz CT molecular complexity index is 759. The van der Waals surface area contributed by atoms with Gasteiger partial charge < -0.3 is 20.5 Å². The predicted octanol–water partition coefficient (Wildman–Crippen LogP) is 2.16. The topological polar surface area (TPSA) is 90.6 Å². The fourth-order valence-electron chi connectivity index (χ4n) is 2.34. The second kappa shape index (κ2) is 8.84. The molecule has 0 aliphatic rings. The Kier molecular flexibility index (Phi) is 6.54. The van der Waals surface area contributed by atoms with E-state index in [-0.39, 0.29) is 18.3 Å². The van der Waals surface area contributed by atoms with Gasteiger partial charge in [-0.3, -0.25) is 9.59 Å². The molecule has 2 rings (SSSR count). The molecule has 0 aromatic heterocycles. The number of anilines is 1. The highest BCUT2D eigenvalue weighted by molar-refractivity contribution is 6.09. The van der Waals surface area contributed by atoms with E-state index in [1.807, 2.05) is 0 Å². The summed E-state index contributed by atoms with van der Waals surface area (Å²) in [7, 11) is 1.56. The van der Waals surface area contributed by atoms with Crippen LogP contribution in [0.1, 0.15) is 28.4 Å². The largest absolute Gasteiger partial charge is 0.497 e. The van der Waals surface area contributed by atoms with Crippen LogP contribution in [0.2, 0.25) is 0 Å². The first kappa shape index (κ1) is 18.5. The van der Waals surface area contributed by atoms with Gasteiger partial charge >= 0.3 is 5.97 Å². The van der Waals surface area contributed by atoms with E-state index in [9.17, 15) is 9.59 Å². The number of nitrogens with two attached hydrogens (primary N) is 1. The molecular formula is C19H22N2O4. The van der Waals surface area contributed by atoms with Crippen LogP contribution in [0.25, 0.3) is 0 Å². The summed E-state index contributed by atoms with van der Waals surface area (Å²) in [6.07, 6.45) is 0. The lowest BCUT2D eigenvalue weighted by molar-refractivity contribution is -0.142. The molecular weight excluding hydrogens is 320 g/mol. The first-order chi connectivity index (χ1) is 12.0. The maximum atomic E-state index is 12.7. The number of hydrogen-bond donors (Lipinski definition) is 2. The van der Waals surface area contributed by atoms with Crippen LogP contribution in [-0.2, 0) is 16.1 Å². The van der Waals surface area contributed by atoms with Gasteiger partial charge in [0.1, 0.15) is 5.75 Å². The fourth-order valence-corrected chi connectivity index (χ4v) is 2.34. The van der Waals surface area contributed by atoms with Gasteiger partial charge in [-0.15, -0.1) is 0 Å². The summed E-state index contributed by atoms with van der Waals surface area (Å²) in [5.74, 6) is 0.174. The van der Waals surface area contributed by atoms with Gasteiger partial charge in [0.25, 0.3) is 0 Å². The van der Waals surface area contributed by atoms with Gasteiger partial charge in [-0.05, 0) is 42.8 Å². The van der Waals surface area contributed by atoms with Crippen molar-refractivity contribution in [2.75, 3.05) is 26.0 Å². The monoisotopic (exact) mass is 342 g/mol. The van der Waals surface area contributed by atoms with Gasteiger partial charge in [-0.2, -0.15) is 0 Å². The molecule has 0 fully saturated rings. The highest BCUT2D eigenvalue weighted by Gasteiger charge is 2.12. The quantitative estimate of drug-likeness (QED) is 0.434. The SMILES string of the molecule is CCOC(=O)CNCc1cc(C(=O)c2cccc(OC)c2)ccc1N. The molecule has 0 spiro atoms. The molecule has 6 nitrogen and oxygen atoms in total. The van der Waals surface area contributed by atoms with E-state index in [0.29, 0.717) is 35.7 Å². The molecule has 0 amide bonds. The predicted molar refractivity (Wildman–Crippen MR) is 95.6 cm³/mol. The Morgan fingerprint density at radius 2 is 1.88 bits per heavy atom. The molecule has 0 aliphatic heterocycles. The number of carbonyl (C=O) groups is 2. The van der Waals surface area contributed by atoms with Gasteiger partial charge in [-0.1, -0.05) is 12.1 Å². The Balaban J connectivity index is 2.11. The lowest BCUT2D eigenvalue weighted by Crippen LogP contribution is -2.24. The first-order valence-corrected chi connectivity index (χ1v) is 7.98. The van der Waals surface area contributed by atoms with Crippen molar-refractivity contribution in [2.24, 2.45) is 0 Å². The van der Waals surface area contributed by atoms with E-state index in [1.54, 1.807) is 56.5 Å². The summed E-state index contributed by atoms with van der Waals surface area (Å²) < 4.78 is 10.0. The van der Waals surface area contributed by atoms with Crippen molar-refractivity contribution in [1.29, 1.82) is 0 Å². The highest BCUT2D eigenvalue weighted by atomic mass is 16.5. The average molecular weight is 342 g/mol. The molecule has 0 saturated carbocycles. The molecule has 0 bridgehead atoms. The highest BCUT2D eigenvalue weighted by Crippen LogP contribution is 2.19. The van der Waals surface area contributed by atoms with Crippen LogP contribution >= 0.6 is 0 Å². The molecule has 0 saturated heterocycles. The standard InChI is InChI=1S/C19H22N2O4/c1-3-25-18(22)12-21-11-15-9-14(7-8-17(15)20)19(23)13-5-4-6-16(10-13)24-2/h4-10,21H,3,11-12,20H2,1-2H3. The van der Waals surface area contributed by atoms with Crippen LogP contribution < -0.4 is 15.8 Å². The maximum Gasteiger partial charge on any atom is 0.319 e. The van der Waals surface area contributed by atoms with Crippen molar-refractivity contribution in [3.63, 3.8) is 0 Å². The van der Waals surface area contributed by atoms with Crippen molar-refractivity contribution in [2.45, 2.75) is 13.5 Å². The zero-order chi connectivity index (χ0) is 18.2. The van der Waals surface area contributed by atoms with Gasteiger partial charge in [-0.25, -0.2) is 0 Å². The summed E-state index contributed by atoms with van der Waals surface area (Å²) in [6, 6.07) is 12.1. The third-order valence-corrected chi connectivity index (χ3v) is 3.63.